The summed E-state index contributed by atoms with van der Waals surface area (Å²) < 4.78 is 5.64. The second kappa shape index (κ2) is 8.12. The number of hydrogen-bond acceptors (Lipinski definition) is 1. The molecule has 1 heteroatoms. The summed E-state index contributed by atoms with van der Waals surface area (Å²) >= 11 is 0. The molecule has 16 heavy (non-hydrogen) atoms. The summed E-state index contributed by atoms with van der Waals surface area (Å²) in [7, 11) is 0. The van der Waals surface area contributed by atoms with Crippen LogP contribution in [0.3, 0.4) is 0 Å². The van der Waals surface area contributed by atoms with E-state index in [1.807, 2.05) is 18.2 Å². The van der Waals surface area contributed by atoms with Gasteiger partial charge in [0, 0.05) is 6.61 Å². The molecule has 1 aromatic rings. The lowest BCUT2D eigenvalue weighted by molar-refractivity contribution is 0.113. The highest BCUT2D eigenvalue weighted by atomic mass is 16.5. The van der Waals surface area contributed by atoms with Crippen molar-refractivity contribution in [2.24, 2.45) is 5.92 Å². The molecule has 1 nitrogen and oxygen atoms in total. The summed E-state index contributed by atoms with van der Waals surface area (Å²) in [5, 5.41) is 0. The number of ether oxygens (including phenoxy) is 1. The van der Waals surface area contributed by atoms with Gasteiger partial charge in [-0.1, -0.05) is 56.3 Å². The minimum Gasteiger partial charge on any atom is -0.377 e. The van der Waals surface area contributed by atoms with Crippen molar-refractivity contribution in [1.82, 2.24) is 0 Å². The second-order valence-corrected chi connectivity index (χ2v) is 4.14. The van der Waals surface area contributed by atoms with Crippen molar-refractivity contribution in [3.05, 3.63) is 48.0 Å². The van der Waals surface area contributed by atoms with E-state index in [2.05, 4.69) is 38.1 Å². The molecular formula is C15H22O. The van der Waals surface area contributed by atoms with Gasteiger partial charge in [-0.15, -0.1) is 0 Å². The molecular weight excluding hydrogens is 196 g/mol. The quantitative estimate of drug-likeness (QED) is 0.492. The van der Waals surface area contributed by atoms with E-state index < -0.39 is 0 Å². The van der Waals surface area contributed by atoms with Crippen LogP contribution in [0.2, 0.25) is 0 Å². The van der Waals surface area contributed by atoms with Gasteiger partial charge in [-0.3, -0.25) is 0 Å². The Morgan fingerprint density at radius 2 is 2.00 bits per heavy atom. The highest BCUT2D eigenvalue weighted by molar-refractivity contribution is 5.13. The van der Waals surface area contributed by atoms with E-state index in [0.717, 1.165) is 26.1 Å². The van der Waals surface area contributed by atoms with Crippen LogP contribution in [0.5, 0.6) is 0 Å². The summed E-state index contributed by atoms with van der Waals surface area (Å²) in [6.07, 6.45) is 6.71. The third-order valence-corrected chi connectivity index (χ3v) is 2.53. The summed E-state index contributed by atoms with van der Waals surface area (Å²) in [6, 6.07) is 10.3. The minimum atomic E-state index is 0.621. The van der Waals surface area contributed by atoms with E-state index in [0.29, 0.717) is 5.92 Å². The molecule has 0 aliphatic rings. The minimum absolute atomic E-state index is 0.621. The van der Waals surface area contributed by atoms with Gasteiger partial charge in [-0.2, -0.15) is 0 Å². The van der Waals surface area contributed by atoms with Crippen molar-refractivity contribution in [3.63, 3.8) is 0 Å². The normalized spacial score (nSPS) is 13.1. The van der Waals surface area contributed by atoms with E-state index in [1.165, 1.54) is 5.56 Å². The maximum absolute atomic E-state index is 5.64. The van der Waals surface area contributed by atoms with Gasteiger partial charge in [-0.05, 0) is 24.3 Å². The Morgan fingerprint density at radius 3 is 2.69 bits per heavy atom. The average Bonchev–Trinajstić information content (AvgIpc) is 2.33. The molecule has 0 bridgehead atoms. The maximum Gasteiger partial charge on any atom is 0.0716 e. The molecule has 1 rings (SSSR count). The summed E-state index contributed by atoms with van der Waals surface area (Å²) in [4.78, 5) is 0. The van der Waals surface area contributed by atoms with Crippen LogP contribution in [-0.2, 0) is 11.3 Å². The Bertz CT molecular complexity index is 290. The molecule has 0 aromatic heterocycles. The fourth-order valence-electron chi connectivity index (χ4n) is 1.50. The predicted molar refractivity (Wildman–Crippen MR) is 69.3 cm³/mol. The summed E-state index contributed by atoms with van der Waals surface area (Å²) in [5.41, 5.74) is 1.25. The van der Waals surface area contributed by atoms with Gasteiger partial charge in [0.15, 0.2) is 0 Å². The zero-order valence-corrected chi connectivity index (χ0v) is 10.4. The lowest BCUT2D eigenvalue weighted by atomic mass is 10.1. The molecule has 0 unspecified atom stereocenters. The van der Waals surface area contributed by atoms with Gasteiger partial charge >= 0.3 is 0 Å². The third kappa shape index (κ3) is 5.72. The number of benzene rings is 1. The topological polar surface area (TPSA) is 9.23 Å². The fraction of sp³-hybridized carbons (Fsp3) is 0.467. The molecule has 0 radical (unpaired) electrons. The zero-order valence-electron chi connectivity index (χ0n) is 10.4. The Hall–Kier alpha value is -1.08. The zero-order chi connectivity index (χ0) is 11.6. The highest BCUT2D eigenvalue weighted by Gasteiger charge is 1.97. The van der Waals surface area contributed by atoms with Gasteiger partial charge < -0.3 is 4.74 Å². The van der Waals surface area contributed by atoms with Gasteiger partial charge in [0.05, 0.1) is 6.61 Å². The van der Waals surface area contributed by atoms with Crippen LogP contribution in [-0.4, -0.2) is 6.61 Å². The first-order valence-electron chi connectivity index (χ1n) is 6.11. The van der Waals surface area contributed by atoms with E-state index in [9.17, 15) is 0 Å². The monoisotopic (exact) mass is 218 g/mol. The molecule has 0 saturated carbocycles. The van der Waals surface area contributed by atoms with Gasteiger partial charge in [0.25, 0.3) is 0 Å². The molecule has 88 valence electrons. The first-order valence-corrected chi connectivity index (χ1v) is 6.11. The van der Waals surface area contributed by atoms with Crippen LogP contribution < -0.4 is 0 Å². The number of rotatable bonds is 7. The summed E-state index contributed by atoms with van der Waals surface area (Å²) in [6.45, 7) is 5.96. The first-order chi connectivity index (χ1) is 7.83. The van der Waals surface area contributed by atoms with Crippen molar-refractivity contribution in [2.75, 3.05) is 6.61 Å². The van der Waals surface area contributed by atoms with Crippen LogP contribution >= 0.6 is 0 Å². The first kappa shape index (κ1) is 13.0. The molecule has 0 fully saturated rings. The smallest absolute Gasteiger partial charge is 0.0716 e. The number of hydrogen-bond donors (Lipinski definition) is 0. The number of allylic oxidation sites excluding steroid dienone is 2. The highest BCUT2D eigenvalue weighted by Crippen LogP contribution is 2.06. The lowest BCUT2D eigenvalue weighted by Crippen LogP contribution is -2.00. The standard InChI is InChI=1S/C15H22O/c1-3-4-8-14(2)11-12-16-13-15-9-6-5-7-10-15/h4-10,14H,3,11-13H2,1-2H3/b8-4+/t14-/m1/s1. The molecule has 1 aromatic carbocycles. The molecule has 0 N–H and O–H groups in total. The lowest BCUT2D eigenvalue weighted by Gasteiger charge is -2.07. The Labute approximate surface area is 99.1 Å². The van der Waals surface area contributed by atoms with Gasteiger partial charge in [0.2, 0.25) is 0 Å². The Kier molecular flexibility index (Phi) is 6.59. The largest absolute Gasteiger partial charge is 0.377 e. The van der Waals surface area contributed by atoms with Crippen LogP contribution in [0, 0.1) is 5.92 Å². The van der Waals surface area contributed by atoms with Crippen molar-refractivity contribution in [2.45, 2.75) is 33.3 Å². The van der Waals surface area contributed by atoms with Gasteiger partial charge in [-0.25, -0.2) is 0 Å². The van der Waals surface area contributed by atoms with E-state index in [-0.39, 0.29) is 0 Å². The van der Waals surface area contributed by atoms with Gasteiger partial charge in [0.1, 0.15) is 0 Å². The Morgan fingerprint density at radius 1 is 1.25 bits per heavy atom. The van der Waals surface area contributed by atoms with Crippen molar-refractivity contribution in [3.8, 4) is 0 Å². The third-order valence-electron chi connectivity index (χ3n) is 2.53. The van der Waals surface area contributed by atoms with Crippen molar-refractivity contribution >= 4 is 0 Å². The molecule has 0 aliphatic heterocycles. The predicted octanol–water partition coefficient (Wildman–Crippen LogP) is 4.20. The fourth-order valence-corrected chi connectivity index (χ4v) is 1.50. The van der Waals surface area contributed by atoms with E-state index >= 15 is 0 Å². The maximum atomic E-state index is 5.64. The molecule has 0 aliphatic carbocycles. The van der Waals surface area contributed by atoms with Crippen molar-refractivity contribution in [1.29, 1.82) is 0 Å². The summed E-state index contributed by atoms with van der Waals surface area (Å²) in [5.74, 6) is 0.621. The SMILES string of the molecule is CC/C=C/[C@@H](C)CCOCc1ccccc1. The van der Waals surface area contributed by atoms with Crippen LogP contribution in [0.4, 0.5) is 0 Å². The Balaban J connectivity index is 2.10. The molecule has 0 amide bonds. The van der Waals surface area contributed by atoms with Crippen molar-refractivity contribution < 1.29 is 4.74 Å². The second-order valence-electron chi connectivity index (χ2n) is 4.14. The van der Waals surface area contributed by atoms with Crippen LogP contribution in [0.1, 0.15) is 32.3 Å². The average molecular weight is 218 g/mol. The molecule has 1 atom stereocenters. The molecule has 0 heterocycles. The molecule has 0 spiro atoms. The van der Waals surface area contributed by atoms with Crippen LogP contribution in [0.25, 0.3) is 0 Å². The van der Waals surface area contributed by atoms with E-state index in [1.54, 1.807) is 0 Å². The van der Waals surface area contributed by atoms with Crippen LogP contribution in [0.15, 0.2) is 42.5 Å². The van der Waals surface area contributed by atoms with E-state index in [4.69, 9.17) is 4.74 Å². The molecule has 0 saturated heterocycles.